The van der Waals surface area contributed by atoms with Gasteiger partial charge in [0.25, 0.3) is 0 Å². The van der Waals surface area contributed by atoms with Gasteiger partial charge in [-0.1, -0.05) is 48.6 Å². The van der Waals surface area contributed by atoms with Gasteiger partial charge in [-0.3, -0.25) is 4.90 Å². The van der Waals surface area contributed by atoms with Gasteiger partial charge >= 0.3 is 0 Å². The summed E-state index contributed by atoms with van der Waals surface area (Å²) in [6.07, 6.45) is 6.75. The highest BCUT2D eigenvalue weighted by Gasteiger charge is 2.29. The number of rotatable bonds is 5. The minimum atomic E-state index is -0.319. The Kier molecular flexibility index (Phi) is 6.16. The first-order chi connectivity index (χ1) is 16.5. The highest BCUT2D eigenvalue weighted by molar-refractivity contribution is 5.95. The normalized spacial score (nSPS) is 19.3. The number of nitrogens with zero attached hydrogens (tertiary/aromatic N) is 1. The van der Waals surface area contributed by atoms with Crippen molar-refractivity contribution in [2.75, 3.05) is 13.1 Å². The molecule has 2 atom stereocenters. The van der Waals surface area contributed by atoms with E-state index in [0.717, 1.165) is 39.1 Å². The van der Waals surface area contributed by atoms with E-state index < -0.39 is 0 Å². The number of phenolic OH excluding ortho intramolecular Hbond substituents is 2. The zero-order valence-electron chi connectivity index (χ0n) is 19.7. The zero-order valence-corrected chi connectivity index (χ0v) is 19.7. The molecule has 4 nitrogen and oxygen atoms in total. The largest absolute Gasteiger partial charge is 0.508 e. The minimum absolute atomic E-state index is 0.203. The molecular formula is C30H31NO3. The Morgan fingerprint density at radius 1 is 0.941 bits per heavy atom. The molecule has 2 N–H and O–H groups in total. The summed E-state index contributed by atoms with van der Waals surface area (Å²) in [7, 11) is 0. The van der Waals surface area contributed by atoms with Crippen molar-refractivity contribution in [3.63, 3.8) is 0 Å². The molecule has 0 radical (unpaired) electrons. The highest BCUT2D eigenvalue weighted by atomic mass is 16.5. The van der Waals surface area contributed by atoms with Crippen LogP contribution in [-0.2, 0) is 0 Å². The molecule has 0 aromatic heterocycles. The third-order valence-corrected chi connectivity index (χ3v) is 6.96. The number of benzene rings is 3. The fraction of sp³-hybridized carbons (Fsp3) is 0.267. The third kappa shape index (κ3) is 4.46. The maximum atomic E-state index is 10.1. The van der Waals surface area contributed by atoms with Gasteiger partial charge in [-0.2, -0.15) is 0 Å². The maximum absolute atomic E-state index is 10.1. The summed E-state index contributed by atoms with van der Waals surface area (Å²) in [4.78, 5) is 2.52. The van der Waals surface area contributed by atoms with E-state index in [1.165, 1.54) is 25.9 Å². The molecule has 2 aliphatic heterocycles. The molecule has 0 aliphatic carbocycles. The Labute approximate surface area is 201 Å². The van der Waals surface area contributed by atoms with Gasteiger partial charge < -0.3 is 14.9 Å². The van der Waals surface area contributed by atoms with Crippen LogP contribution >= 0.6 is 0 Å². The van der Waals surface area contributed by atoms with Gasteiger partial charge in [0.2, 0.25) is 0 Å². The van der Waals surface area contributed by atoms with Crippen LogP contribution in [0.15, 0.2) is 72.8 Å². The molecule has 2 unspecified atom stereocenters. The topological polar surface area (TPSA) is 52.9 Å². The van der Waals surface area contributed by atoms with Crippen molar-refractivity contribution < 1.29 is 14.9 Å². The molecular weight excluding hydrogens is 422 g/mol. The number of likely N-dealkylation sites (tertiary alicyclic amines) is 1. The van der Waals surface area contributed by atoms with Crippen molar-refractivity contribution in [1.82, 2.24) is 4.90 Å². The van der Waals surface area contributed by atoms with Crippen molar-refractivity contribution in [2.24, 2.45) is 0 Å². The fourth-order valence-electron chi connectivity index (χ4n) is 5.02. The molecule has 0 saturated carbocycles. The SMILES string of the molecule is CC1=C(c2cccc(O)c2)C(c2ccc(/C=C\C(C)N3CCCC3)cc2)Oc2ccc(O)cc21. The Morgan fingerprint density at radius 3 is 2.41 bits per heavy atom. The second-order valence-corrected chi connectivity index (χ2v) is 9.28. The van der Waals surface area contributed by atoms with Crippen LogP contribution in [0.1, 0.15) is 55.0 Å². The van der Waals surface area contributed by atoms with Crippen molar-refractivity contribution in [3.05, 3.63) is 95.1 Å². The summed E-state index contributed by atoms with van der Waals surface area (Å²) in [6, 6.07) is 21.4. The molecule has 2 aliphatic rings. The van der Waals surface area contributed by atoms with Crippen LogP contribution in [-0.4, -0.2) is 34.2 Å². The second kappa shape index (κ2) is 9.40. The van der Waals surface area contributed by atoms with Gasteiger partial charge in [0, 0.05) is 17.2 Å². The predicted octanol–water partition coefficient (Wildman–Crippen LogP) is 6.66. The summed E-state index contributed by atoms with van der Waals surface area (Å²) in [6.45, 7) is 6.68. The van der Waals surface area contributed by atoms with Gasteiger partial charge in [0.1, 0.15) is 23.4 Å². The summed E-state index contributed by atoms with van der Waals surface area (Å²) in [5, 5.41) is 20.2. The first-order valence-electron chi connectivity index (χ1n) is 12.0. The zero-order chi connectivity index (χ0) is 23.7. The van der Waals surface area contributed by atoms with Crippen LogP contribution in [0.3, 0.4) is 0 Å². The van der Waals surface area contributed by atoms with Crippen LogP contribution in [0.2, 0.25) is 0 Å². The van der Waals surface area contributed by atoms with E-state index in [2.05, 4.69) is 48.2 Å². The van der Waals surface area contributed by atoms with E-state index in [0.29, 0.717) is 6.04 Å². The predicted molar refractivity (Wildman–Crippen MR) is 138 cm³/mol. The first-order valence-corrected chi connectivity index (χ1v) is 12.0. The Hall–Kier alpha value is -3.50. The number of ether oxygens (including phenoxy) is 1. The number of hydrogen-bond donors (Lipinski definition) is 2. The third-order valence-electron chi connectivity index (χ3n) is 6.96. The van der Waals surface area contributed by atoms with Crippen molar-refractivity contribution >= 4 is 17.2 Å². The average Bonchev–Trinajstić information content (AvgIpc) is 3.38. The Bertz CT molecular complexity index is 1240. The quantitative estimate of drug-likeness (QED) is 0.454. The second-order valence-electron chi connectivity index (χ2n) is 9.28. The van der Waals surface area contributed by atoms with E-state index in [-0.39, 0.29) is 17.6 Å². The van der Waals surface area contributed by atoms with Crippen molar-refractivity contribution in [2.45, 2.75) is 38.8 Å². The van der Waals surface area contributed by atoms with Gasteiger partial charge in [-0.05, 0) is 92.4 Å². The van der Waals surface area contributed by atoms with E-state index in [1.54, 1.807) is 24.3 Å². The number of aromatic hydroxyl groups is 2. The number of phenols is 2. The maximum Gasteiger partial charge on any atom is 0.150 e. The molecule has 5 rings (SSSR count). The minimum Gasteiger partial charge on any atom is -0.508 e. The van der Waals surface area contributed by atoms with E-state index in [4.69, 9.17) is 4.74 Å². The lowest BCUT2D eigenvalue weighted by Crippen LogP contribution is -2.28. The van der Waals surface area contributed by atoms with E-state index in [1.807, 2.05) is 25.1 Å². The van der Waals surface area contributed by atoms with Crippen LogP contribution in [0, 0.1) is 0 Å². The molecule has 1 fully saturated rings. The van der Waals surface area contributed by atoms with Crippen LogP contribution in [0.5, 0.6) is 17.2 Å². The number of fused-ring (bicyclic) bond motifs is 1. The van der Waals surface area contributed by atoms with Crippen LogP contribution in [0.25, 0.3) is 17.2 Å². The average molecular weight is 454 g/mol. The lowest BCUT2D eigenvalue weighted by molar-refractivity contribution is 0.259. The molecule has 3 aromatic carbocycles. The smallest absolute Gasteiger partial charge is 0.150 e. The summed E-state index contributed by atoms with van der Waals surface area (Å²) >= 11 is 0. The molecule has 0 spiro atoms. The lowest BCUT2D eigenvalue weighted by atomic mass is 9.86. The van der Waals surface area contributed by atoms with Crippen LogP contribution < -0.4 is 4.74 Å². The molecule has 34 heavy (non-hydrogen) atoms. The number of allylic oxidation sites excluding steroid dienone is 1. The van der Waals surface area contributed by atoms with Gasteiger partial charge in [-0.15, -0.1) is 0 Å². The number of hydrogen-bond acceptors (Lipinski definition) is 4. The molecule has 4 heteroatoms. The van der Waals surface area contributed by atoms with E-state index >= 15 is 0 Å². The molecule has 3 aromatic rings. The standard InChI is InChI=1S/C30H31NO3/c1-20(31-16-3-4-17-31)8-9-22-10-12-23(13-11-22)30-29(24-6-5-7-25(32)18-24)21(2)27-19-26(33)14-15-28(27)34-30/h5-15,18-20,30,32-33H,3-4,16-17H2,1-2H3/b9-8-. The first kappa shape index (κ1) is 22.3. The van der Waals surface area contributed by atoms with Crippen molar-refractivity contribution in [3.8, 4) is 17.2 Å². The molecule has 1 saturated heterocycles. The molecule has 0 amide bonds. The van der Waals surface area contributed by atoms with E-state index in [9.17, 15) is 10.2 Å². The fourth-order valence-corrected chi connectivity index (χ4v) is 5.02. The molecule has 174 valence electrons. The monoisotopic (exact) mass is 453 g/mol. The molecule has 2 heterocycles. The van der Waals surface area contributed by atoms with Crippen molar-refractivity contribution in [1.29, 1.82) is 0 Å². The molecule has 0 bridgehead atoms. The lowest BCUT2D eigenvalue weighted by Gasteiger charge is -2.31. The Morgan fingerprint density at radius 2 is 1.68 bits per heavy atom. The highest BCUT2D eigenvalue weighted by Crippen LogP contribution is 2.47. The summed E-state index contributed by atoms with van der Waals surface area (Å²) in [5.41, 5.74) is 5.98. The summed E-state index contributed by atoms with van der Waals surface area (Å²) in [5.74, 6) is 1.16. The Balaban J connectivity index is 1.48. The van der Waals surface area contributed by atoms with Crippen LogP contribution in [0.4, 0.5) is 0 Å². The van der Waals surface area contributed by atoms with Gasteiger partial charge in [0.05, 0.1) is 0 Å². The summed E-state index contributed by atoms with van der Waals surface area (Å²) < 4.78 is 6.48. The van der Waals surface area contributed by atoms with Gasteiger partial charge in [-0.25, -0.2) is 0 Å². The van der Waals surface area contributed by atoms with Gasteiger partial charge in [0.15, 0.2) is 0 Å².